The number of halogens is 2. The van der Waals surface area contributed by atoms with Gasteiger partial charge in [0.2, 0.25) is 0 Å². The summed E-state index contributed by atoms with van der Waals surface area (Å²) in [5.74, 6) is -0.199. The van der Waals surface area contributed by atoms with Crippen LogP contribution in [0.5, 0.6) is 0 Å². The Balaban J connectivity index is 1.57. The van der Waals surface area contributed by atoms with Crippen LogP contribution >= 0.6 is 15.9 Å². The Bertz CT molecular complexity index is 753. The lowest BCUT2D eigenvalue weighted by molar-refractivity contribution is 0.249. The predicted molar refractivity (Wildman–Crippen MR) is 98.1 cm³/mol. The quantitative estimate of drug-likeness (QED) is 0.818. The molecule has 1 aliphatic heterocycles. The van der Waals surface area contributed by atoms with Crippen molar-refractivity contribution in [1.82, 2.24) is 5.32 Å². The fourth-order valence-electron chi connectivity index (χ4n) is 2.80. The summed E-state index contributed by atoms with van der Waals surface area (Å²) >= 11 is 3.40. The summed E-state index contributed by atoms with van der Waals surface area (Å²) < 4.78 is 14.5. The molecule has 2 N–H and O–H groups in total. The molecule has 1 fully saturated rings. The van der Waals surface area contributed by atoms with Crippen molar-refractivity contribution in [2.45, 2.75) is 19.4 Å². The first-order chi connectivity index (χ1) is 11.5. The monoisotopic (exact) mass is 391 g/mol. The second-order valence-corrected chi connectivity index (χ2v) is 6.80. The van der Waals surface area contributed by atoms with E-state index in [4.69, 9.17) is 0 Å². The van der Waals surface area contributed by atoms with Gasteiger partial charge in [0, 0.05) is 29.3 Å². The number of hydrogen-bond acceptors (Lipinski definition) is 2. The highest BCUT2D eigenvalue weighted by atomic mass is 79.9. The van der Waals surface area contributed by atoms with Crippen molar-refractivity contribution >= 4 is 33.3 Å². The Kier molecular flexibility index (Phi) is 5.04. The predicted octanol–water partition coefficient (Wildman–Crippen LogP) is 4.30. The van der Waals surface area contributed by atoms with Gasteiger partial charge >= 0.3 is 6.03 Å². The summed E-state index contributed by atoms with van der Waals surface area (Å²) in [5.41, 5.74) is 2.22. The van der Waals surface area contributed by atoms with Gasteiger partial charge in [-0.3, -0.25) is 0 Å². The highest BCUT2D eigenvalue weighted by molar-refractivity contribution is 9.10. The zero-order valence-electron chi connectivity index (χ0n) is 13.4. The zero-order valence-corrected chi connectivity index (χ0v) is 14.9. The van der Waals surface area contributed by atoms with Crippen molar-refractivity contribution in [2.24, 2.45) is 0 Å². The van der Waals surface area contributed by atoms with Gasteiger partial charge in [-0.15, -0.1) is 0 Å². The molecule has 0 aliphatic carbocycles. The lowest BCUT2D eigenvalue weighted by atomic mass is 10.2. The van der Waals surface area contributed by atoms with Crippen LogP contribution in [-0.2, 0) is 0 Å². The summed E-state index contributed by atoms with van der Waals surface area (Å²) in [5, 5.41) is 5.81. The smallest absolute Gasteiger partial charge is 0.319 e. The highest BCUT2D eigenvalue weighted by Crippen LogP contribution is 2.23. The van der Waals surface area contributed by atoms with Gasteiger partial charge in [0.15, 0.2) is 0 Å². The second-order valence-electron chi connectivity index (χ2n) is 5.94. The molecular formula is C18H19BrFN3O. The fraction of sp³-hybridized carbons (Fsp3) is 0.278. The van der Waals surface area contributed by atoms with Crippen LogP contribution in [0.1, 0.15) is 12.0 Å². The average molecular weight is 392 g/mol. The molecule has 2 aromatic rings. The number of nitrogens with one attached hydrogen (secondary N) is 2. The highest BCUT2D eigenvalue weighted by Gasteiger charge is 2.24. The number of rotatable bonds is 3. The number of anilines is 2. The first-order valence-electron chi connectivity index (χ1n) is 7.86. The summed E-state index contributed by atoms with van der Waals surface area (Å²) in [7, 11) is 0. The Hall–Kier alpha value is -2.08. The van der Waals surface area contributed by atoms with Crippen LogP contribution in [0.25, 0.3) is 0 Å². The van der Waals surface area contributed by atoms with Crippen molar-refractivity contribution in [3.63, 3.8) is 0 Å². The maximum atomic E-state index is 13.7. The van der Waals surface area contributed by atoms with E-state index >= 15 is 0 Å². The molecular weight excluding hydrogens is 373 g/mol. The number of para-hydroxylation sites is 1. The van der Waals surface area contributed by atoms with Gasteiger partial charge in [0.25, 0.3) is 0 Å². The lowest BCUT2D eigenvalue weighted by Crippen LogP contribution is -2.39. The third-order valence-corrected chi connectivity index (χ3v) is 4.86. The van der Waals surface area contributed by atoms with Crippen LogP contribution in [0.15, 0.2) is 46.9 Å². The van der Waals surface area contributed by atoms with Gasteiger partial charge in [-0.05, 0) is 59.1 Å². The van der Waals surface area contributed by atoms with Gasteiger partial charge in [0.05, 0.1) is 5.69 Å². The molecule has 126 valence electrons. The van der Waals surface area contributed by atoms with Crippen molar-refractivity contribution < 1.29 is 9.18 Å². The number of aryl methyl sites for hydroxylation is 1. The number of hydrogen-bond donors (Lipinski definition) is 2. The van der Waals surface area contributed by atoms with E-state index in [9.17, 15) is 9.18 Å². The van der Waals surface area contributed by atoms with E-state index in [1.54, 1.807) is 19.1 Å². The molecule has 24 heavy (non-hydrogen) atoms. The van der Waals surface area contributed by atoms with Crippen molar-refractivity contribution in [2.75, 3.05) is 23.3 Å². The second kappa shape index (κ2) is 7.21. The molecule has 4 nitrogen and oxygen atoms in total. The first-order valence-corrected chi connectivity index (χ1v) is 8.65. The number of carbonyl (C=O) groups excluding carboxylic acids is 1. The van der Waals surface area contributed by atoms with Gasteiger partial charge in [-0.1, -0.05) is 18.2 Å². The van der Waals surface area contributed by atoms with E-state index in [1.807, 2.05) is 30.3 Å². The molecule has 1 saturated heterocycles. The van der Waals surface area contributed by atoms with E-state index in [-0.39, 0.29) is 17.9 Å². The van der Waals surface area contributed by atoms with Gasteiger partial charge < -0.3 is 15.5 Å². The molecule has 1 heterocycles. The molecule has 0 aromatic heterocycles. The van der Waals surface area contributed by atoms with Gasteiger partial charge in [0.1, 0.15) is 5.82 Å². The van der Waals surface area contributed by atoms with E-state index in [2.05, 4.69) is 31.5 Å². The van der Waals surface area contributed by atoms with Crippen LogP contribution in [-0.4, -0.2) is 25.2 Å². The Morgan fingerprint density at radius 3 is 2.83 bits per heavy atom. The first kappa shape index (κ1) is 16.8. The van der Waals surface area contributed by atoms with E-state index < -0.39 is 0 Å². The van der Waals surface area contributed by atoms with Crippen LogP contribution in [0.4, 0.5) is 20.6 Å². The molecule has 0 saturated carbocycles. The number of amides is 2. The zero-order chi connectivity index (χ0) is 17.1. The molecule has 6 heteroatoms. The topological polar surface area (TPSA) is 44.4 Å². The van der Waals surface area contributed by atoms with E-state index in [1.165, 1.54) is 0 Å². The average Bonchev–Trinajstić information content (AvgIpc) is 3.00. The maximum absolute atomic E-state index is 13.7. The van der Waals surface area contributed by atoms with Crippen LogP contribution < -0.4 is 15.5 Å². The van der Waals surface area contributed by atoms with Gasteiger partial charge in [-0.2, -0.15) is 0 Å². The molecule has 2 aromatic carbocycles. The Labute approximate surface area is 149 Å². The minimum atomic E-state index is -0.233. The number of nitrogens with zero attached hydrogens (tertiary/aromatic N) is 1. The van der Waals surface area contributed by atoms with Crippen molar-refractivity contribution in [3.8, 4) is 0 Å². The van der Waals surface area contributed by atoms with Crippen LogP contribution in [0, 0.1) is 12.7 Å². The number of benzene rings is 2. The summed E-state index contributed by atoms with van der Waals surface area (Å²) in [4.78, 5) is 14.2. The molecule has 2 amide bonds. The summed E-state index contributed by atoms with van der Waals surface area (Å²) in [6.45, 7) is 3.22. The molecule has 1 atom stereocenters. The minimum Gasteiger partial charge on any atom is -0.369 e. The molecule has 0 radical (unpaired) electrons. The standard InChI is InChI=1S/C18H19BrFN3O/c1-12-6-7-14(10-16(12)20)23-9-8-13(11-23)21-18(24)22-17-5-3-2-4-15(17)19/h2-7,10,13H,8-9,11H2,1H3,(H2,21,22,24). The summed E-state index contributed by atoms with van der Waals surface area (Å²) in [6, 6.07) is 12.5. The molecule has 0 spiro atoms. The lowest BCUT2D eigenvalue weighted by Gasteiger charge is -2.19. The van der Waals surface area contributed by atoms with Crippen molar-refractivity contribution in [3.05, 3.63) is 58.3 Å². The molecule has 0 bridgehead atoms. The van der Waals surface area contributed by atoms with Crippen LogP contribution in [0.2, 0.25) is 0 Å². The molecule has 3 rings (SSSR count). The number of urea groups is 1. The Morgan fingerprint density at radius 1 is 1.29 bits per heavy atom. The third-order valence-electron chi connectivity index (χ3n) is 4.17. The maximum Gasteiger partial charge on any atom is 0.319 e. The SMILES string of the molecule is Cc1ccc(N2CCC(NC(=O)Nc3ccccc3Br)C2)cc1F. The Morgan fingerprint density at radius 2 is 2.08 bits per heavy atom. The van der Waals surface area contributed by atoms with E-state index in [0.717, 1.165) is 28.8 Å². The number of carbonyl (C=O) groups is 1. The summed E-state index contributed by atoms with van der Waals surface area (Å²) in [6.07, 6.45) is 0.832. The molecule has 1 unspecified atom stereocenters. The third kappa shape index (κ3) is 3.87. The normalized spacial score (nSPS) is 17.0. The van der Waals surface area contributed by atoms with Crippen LogP contribution in [0.3, 0.4) is 0 Å². The molecule has 1 aliphatic rings. The van der Waals surface area contributed by atoms with E-state index in [0.29, 0.717) is 12.1 Å². The largest absolute Gasteiger partial charge is 0.369 e. The van der Waals surface area contributed by atoms with Crippen molar-refractivity contribution in [1.29, 1.82) is 0 Å². The van der Waals surface area contributed by atoms with Gasteiger partial charge in [-0.25, -0.2) is 9.18 Å². The minimum absolute atomic E-state index is 0.0388. The fourth-order valence-corrected chi connectivity index (χ4v) is 3.18.